The van der Waals surface area contributed by atoms with Gasteiger partial charge in [-0.05, 0) is 12.5 Å². The van der Waals surface area contributed by atoms with Crippen LogP contribution in [0.4, 0.5) is 0 Å². The van der Waals surface area contributed by atoms with Gasteiger partial charge in [0.2, 0.25) is 0 Å². The zero-order chi connectivity index (χ0) is 18.9. The van der Waals surface area contributed by atoms with Gasteiger partial charge >= 0.3 is 0 Å². The monoisotopic (exact) mass is 388 g/mol. The molecule has 27 heavy (non-hydrogen) atoms. The number of hydrogen-bond donors (Lipinski definition) is 0. The normalized spacial score (nSPS) is 23.5. The SMILES string of the molecule is O=c1ccc(-c2ccccc2)nn1CN1CCN(C2CCS(=O)(=O)C2)CC1. The molecule has 144 valence electrons. The van der Waals surface area contributed by atoms with Crippen LogP contribution in [0.5, 0.6) is 0 Å². The van der Waals surface area contributed by atoms with E-state index in [9.17, 15) is 13.2 Å². The van der Waals surface area contributed by atoms with Crippen LogP contribution in [0.3, 0.4) is 0 Å². The Balaban J connectivity index is 1.40. The molecule has 0 saturated carbocycles. The van der Waals surface area contributed by atoms with Crippen molar-refractivity contribution in [3.8, 4) is 11.3 Å². The van der Waals surface area contributed by atoms with Crippen molar-refractivity contribution in [2.45, 2.75) is 19.1 Å². The quantitative estimate of drug-likeness (QED) is 0.767. The zero-order valence-electron chi connectivity index (χ0n) is 15.2. The predicted molar refractivity (Wildman–Crippen MR) is 104 cm³/mol. The molecule has 0 aliphatic carbocycles. The molecule has 2 fully saturated rings. The van der Waals surface area contributed by atoms with E-state index in [2.05, 4.69) is 14.9 Å². The van der Waals surface area contributed by atoms with E-state index < -0.39 is 9.84 Å². The standard InChI is InChI=1S/C19H24N4O3S/c24-19-7-6-18(16-4-2-1-3-5-16)20-23(19)15-21-9-11-22(12-10-21)17-8-13-27(25,26)14-17/h1-7,17H,8-15H2. The summed E-state index contributed by atoms with van der Waals surface area (Å²) in [4.78, 5) is 16.7. The molecule has 2 aliphatic rings. The van der Waals surface area contributed by atoms with Gasteiger partial charge in [0.1, 0.15) is 0 Å². The maximum absolute atomic E-state index is 12.2. The predicted octanol–water partition coefficient (Wildman–Crippen LogP) is 0.672. The summed E-state index contributed by atoms with van der Waals surface area (Å²) in [7, 11) is -2.85. The molecule has 8 heteroatoms. The summed E-state index contributed by atoms with van der Waals surface area (Å²) in [5, 5.41) is 4.52. The summed E-state index contributed by atoms with van der Waals surface area (Å²) in [6.07, 6.45) is 0.739. The van der Waals surface area contributed by atoms with Crippen LogP contribution in [0, 0.1) is 0 Å². The third-order valence-electron chi connectivity index (χ3n) is 5.40. The lowest BCUT2D eigenvalue weighted by atomic mass is 10.1. The minimum atomic E-state index is -2.85. The molecule has 0 spiro atoms. The molecule has 1 unspecified atom stereocenters. The lowest BCUT2D eigenvalue weighted by molar-refractivity contribution is 0.0800. The summed E-state index contributed by atoms with van der Waals surface area (Å²) in [5.41, 5.74) is 1.66. The third-order valence-corrected chi connectivity index (χ3v) is 7.15. The van der Waals surface area contributed by atoms with Crippen LogP contribution in [0.1, 0.15) is 6.42 Å². The number of piperazine rings is 1. The van der Waals surface area contributed by atoms with Crippen molar-refractivity contribution in [3.63, 3.8) is 0 Å². The molecule has 2 aliphatic heterocycles. The van der Waals surface area contributed by atoms with Crippen LogP contribution < -0.4 is 5.56 Å². The highest BCUT2D eigenvalue weighted by atomic mass is 32.2. The molecule has 0 radical (unpaired) electrons. The van der Waals surface area contributed by atoms with E-state index in [0.29, 0.717) is 12.4 Å². The van der Waals surface area contributed by atoms with Gasteiger partial charge in [-0.3, -0.25) is 14.6 Å². The van der Waals surface area contributed by atoms with E-state index in [1.54, 1.807) is 12.1 Å². The van der Waals surface area contributed by atoms with Gasteiger partial charge in [0.05, 0.1) is 23.9 Å². The number of nitrogens with zero attached hydrogens (tertiary/aromatic N) is 4. The Hall–Kier alpha value is -2.03. The maximum atomic E-state index is 12.2. The second kappa shape index (κ2) is 7.53. The molecule has 2 aromatic rings. The first-order chi connectivity index (χ1) is 13.0. The molecule has 1 aromatic heterocycles. The van der Waals surface area contributed by atoms with Gasteiger partial charge in [0.25, 0.3) is 5.56 Å². The Bertz CT molecular complexity index is 950. The Morgan fingerprint density at radius 2 is 1.74 bits per heavy atom. The summed E-state index contributed by atoms with van der Waals surface area (Å²) in [5.74, 6) is 0.594. The first-order valence-electron chi connectivity index (χ1n) is 9.31. The molecule has 7 nitrogen and oxygen atoms in total. The van der Waals surface area contributed by atoms with Crippen molar-refractivity contribution >= 4 is 9.84 Å². The summed E-state index contributed by atoms with van der Waals surface area (Å²) < 4.78 is 24.9. The van der Waals surface area contributed by atoms with E-state index in [1.165, 1.54) is 4.68 Å². The molecule has 0 N–H and O–H groups in total. The number of sulfone groups is 1. The average Bonchev–Trinajstić information content (AvgIpc) is 3.05. The Labute approximate surface area is 159 Å². The smallest absolute Gasteiger partial charge is 0.268 e. The van der Waals surface area contributed by atoms with Crippen LogP contribution in [0.2, 0.25) is 0 Å². The fourth-order valence-electron chi connectivity index (χ4n) is 3.84. The maximum Gasteiger partial charge on any atom is 0.268 e. The highest BCUT2D eigenvalue weighted by Crippen LogP contribution is 2.19. The Morgan fingerprint density at radius 1 is 1.00 bits per heavy atom. The van der Waals surface area contributed by atoms with E-state index >= 15 is 0 Å². The van der Waals surface area contributed by atoms with Gasteiger partial charge in [-0.15, -0.1) is 0 Å². The van der Waals surface area contributed by atoms with Crippen LogP contribution in [0.15, 0.2) is 47.3 Å². The Kier molecular flexibility index (Phi) is 5.12. The van der Waals surface area contributed by atoms with Gasteiger partial charge in [-0.2, -0.15) is 5.10 Å². The van der Waals surface area contributed by atoms with Gasteiger partial charge in [0.15, 0.2) is 9.84 Å². The van der Waals surface area contributed by atoms with Crippen LogP contribution in [-0.4, -0.2) is 71.7 Å². The summed E-state index contributed by atoms with van der Waals surface area (Å²) >= 11 is 0. The fourth-order valence-corrected chi connectivity index (χ4v) is 5.60. The van der Waals surface area contributed by atoms with Crippen molar-refractivity contribution in [2.24, 2.45) is 0 Å². The Morgan fingerprint density at radius 3 is 2.41 bits per heavy atom. The highest BCUT2D eigenvalue weighted by Gasteiger charge is 2.33. The molecule has 1 aromatic carbocycles. The van der Waals surface area contributed by atoms with Crippen molar-refractivity contribution < 1.29 is 8.42 Å². The molecule has 1 atom stereocenters. The van der Waals surface area contributed by atoms with Gasteiger partial charge in [-0.1, -0.05) is 30.3 Å². The van der Waals surface area contributed by atoms with Crippen molar-refractivity contribution in [1.82, 2.24) is 19.6 Å². The van der Waals surface area contributed by atoms with Crippen LogP contribution >= 0.6 is 0 Å². The molecule has 0 amide bonds. The van der Waals surface area contributed by atoms with E-state index in [4.69, 9.17) is 0 Å². The third kappa shape index (κ3) is 4.28. The molecule has 0 bridgehead atoms. The lowest BCUT2D eigenvalue weighted by Crippen LogP contribution is -2.51. The molecule has 4 rings (SSSR count). The fraction of sp³-hybridized carbons (Fsp3) is 0.474. The van der Waals surface area contributed by atoms with Crippen molar-refractivity contribution in [3.05, 3.63) is 52.8 Å². The topological polar surface area (TPSA) is 75.5 Å². The minimum Gasteiger partial charge on any atom is -0.297 e. The zero-order valence-corrected chi connectivity index (χ0v) is 16.0. The summed E-state index contributed by atoms with van der Waals surface area (Å²) in [6.45, 7) is 3.72. The van der Waals surface area contributed by atoms with E-state index in [-0.39, 0.29) is 17.4 Å². The van der Waals surface area contributed by atoms with Crippen molar-refractivity contribution in [1.29, 1.82) is 0 Å². The number of rotatable bonds is 4. The molecular weight excluding hydrogens is 364 g/mol. The second-order valence-electron chi connectivity index (χ2n) is 7.27. The van der Waals surface area contributed by atoms with E-state index in [0.717, 1.165) is 43.9 Å². The molecule has 2 saturated heterocycles. The lowest BCUT2D eigenvalue weighted by Gasteiger charge is -2.37. The summed E-state index contributed by atoms with van der Waals surface area (Å²) in [6, 6.07) is 13.3. The van der Waals surface area contributed by atoms with E-state index in [1.807, 2.05) is 30.3 Å². The average molecular weight is 388 g/mol. The first kappa shape index (κ1) is 18.3. The minimum absolute atomic E-state index is 0.112. The van der Waals surface area contributed by atoms with Gasteiger partial charge < -0.3 is 0 Å². The largest absolute Gasteiger partial charge is 0.297 e. The molecule has 3 heterocycles. The van der Waals surface area contributed by atoms with Gasteiger partial charge in [-0.25, -0.2) is 13.1 Å². The van der Waals surface area contributed by atoms with Gasteiger partial charge in [0, 0.05) is 43.9 Å². The number of hydrogen-bond acceptors (Lipinski definition) is 6. The number of aromatic nitrogens is 2. The van der Waals surface area contributed by atoms with Crippen LogP contribution in [0.25, 0.3) is 11.3 Å². The first-order valence-corrected chi connectivity index (χ1v) is 11.1. The highest BCUT2D eigenvalue weighted by molar-refractivity contribution is 7.91. The number of benzene rings is 1. The molecular formula is C19H24N4O3S. The van der Waals surface area contributed by atoms with Crippen molar-refractivity contribution in [2.75, 3.05) is 37.7 Å². The second-order valence-corrected chi connectivity index (χ2v) is 9.50. The van der Waals surface area contributed by atoms with Crippen LogP contribution in [-0.2, 0) is 16.5 Å².